The zero-order valence-corrected chi connectivity index (χ0v) is 21.0. The van der Waals surface area contributed by atoms with E-state index in [0.717, 1.165) is 6.42 Å². The van der Waals surface area contributed by atoms with Gasteiger partial charge in [-0.3, -0.25) is 14.4 Å². The van der Waals surface area contributed by atoms with Crippen LogP contribution in [0.2, 0.25) is 0 Å². The Kier molecular flexibility index (Phi) is 12.0. The number of aromatic nitrogens is 2. The number of hydrogen-bond donors (Lipinski definition) is 4. The first kappa shape index (κ1) is 28.5. The Hall–Kier alpha value is -2.55. The predicted molar refractivity (Wildman–Crippen MR) is 129 cm³/mol. The number of anilines is 2. The van der Waals surface area contributed by atoms with E-state index in [1.807, 2.05) is 27.7 Å². The van der Waals surface area contributed by atoms with Crippen LogP contribution in [0.1, 0.15) is 73.1 Å². The van der Waals surface area contributed by atoms with Gasteiger partial charge in [0, 0.05) is 5.92 Å². The zero-order valence-electron chi connectivity index (χ0n) is 21.0. The van der Waals surface area contributed by atoms with Gasteiger partial charge in [0.25, 0.3) is 0 Å². The minimum atomic E-state index is -0.795. The molecule has 0 radical (unpaired) electrons. The van der Waals surface area contributed by atoms with Gasteiger partial charge in [-0.15, -0.1) is 0 Å². The normalized spacial score (nSPS) is 15.0. The van der Waals surface area contributed by atoms with Gasteiger partial charge in [0.05, 0.1) is 12.3 Å². The second-order valence-corrected chi connectivity index (χ2v) is 9.51. The van der Waals surface area contributed by atoms with E-state index in [2.05, 4.69) is 39.8 Å². The summed E-state index contributed by atoms with van der Waals surface area (Å²) in [5.74, 6) is -0.140. The van der Waals surface area contributed by atoms with Crippen LogP contribution < -0.4 is 16.0 Å². The van der Waals surface area contributed by atoms with Crippen LogP contribution in [0.5, 0.6) is 0 Å². The highest BCUT2D eigenvalue weighted by Gasteiger charge is 2.32. The summed E-state index contributed by atoms with van der Waals surface area (Å²) in [6.07, 6.45) is 3.88. The molecule has 186 valence electrons. The Labute approximate surface area is 197 Å². The van der Waals surface area contributed by atoms with Crippen molar-refractivity contribution < 1.29 is 19.5 Å². The Bertz CT molecular complexity index is 784. The van der Waals surface area contributed by atoms with Crippen molar-refractivity contribution in [1.82, 2.24) is 15.3 Å². The number of aryl methyl sites for hydroxylation is 1. The first-order valence-electron chi connectivity index (χ1n) is 11.8. The maximum atomic E-state index is 13.2. The minimum Gasteiger partial charge on any atom is -0.393 e. The molecular formula is C24H41N5O4. The number of amides is 3. The molecule has 0 saturated heterocycles. The number of rotatable bonds is 14. The molecule has 1 rings (SSSR count). The number of carbonyl (C=O) groups excluding carboxylic acids is 3. The van der Waals surface area contributed by atoms with Crippen molar-refractivity contribution in [3.05, 3.63) is 12.0 Å². The summed E-state index contributed by atoms with van der Waals surface area (Å²) in [6, 6.07) is -0.795. The van der Waals surface area contributed by atoms with E-state index in [4.69, 9.17) is 0 Å². The van der Waals surface area contributed by atoms with E-state index in [1.165, 1.54) is 6.20 Å². The van der Waals surface area contributed by atoms with Crippen LogP contribution in [0.4, 0.5) is 11.5 Å². The lowest BCUT2D eigenvalue weighted by molar-refractivity contribution is -0.132. The summed E-state index contributed by atoms with van der Waals surface area (Å²) in [5.41, 5.74) is 0.270. The number of aliphatic hydroxyl groups excluding tert-OH is 1. The van der Waals surface area contributed by atoms with Gasteiger partial charge in [0.1, 0.15) is 17.6 Å². The highest BCUT2D eigenvalue weighted by Crippen LogP contribution is 2.23. The smallest absolute Gasteiger partial charge is 0.248 e. The number of hydrogen-bond acceptors (Lipinski definition) is 6. The van der Waals surface area contributed by atoms with E-state index >= 15 is 0 Å². The van der Waals surface area contributed by atoms with Crippen molar-refractivity contribution in [3.8, 4) is 0 Å². The van der Waals surface area contributed by atoms with E-state index in [0.29, 0.717) is 37.4 Å². The molecule has 3 amide bonds. The first-order valence-corrected chi connectivity index (χ1v) is 11.8. The summed E-state index contributed by atoms with van der Waals surface area (Å²) >= 11 is 0. The summed E-state index contributed by atoms with van der Waals surface area (Å²) in [5, 5.41) is 18.6. The standard InChI is InChI=1S/C24H41N5O4/c1-8-16(6)21(24(33)29-22-20(26-13-30)12-25-17(7)27-22)28-23(32)19(15(4)5)11-18(31)10-9-14(2)3/h12-16,18-19,21,31H,8-11H2,1-7H3,(H,26,30)(H,28,32)(H,25,27,29,33)/t16-,18?,19?,21-/m0/s1. The molecule has 4 N–H and O–H groups in total. The number of nitrogens with zero attached hydrogens (tertiary/aromatic N) is 2. The van der Waals surface area contributed by atoms with E-state index in [1.54, 1.807) is 6.92 Å². The molecule has 9 heteroatoms. The molecule has 1 aromatic rings. The van der Waals surface area contributed by atoms with Crippen molar-refractivity contribution in [3.63, 3.8) is 0 Å². The average molecular weight is 464 g/mol. The summed E-state index contributed by atoms with van der Waals surface area (Å²) < 4.78 is 0. The molecule has 0 fully saturated rings. The molecule has 1 aromatic heterocycles. The van der Waals surface area contributed by atoms with Gasteiger partial charge in [0.2, 0.25) is 18.2 Å². The Morgan fingerprint density at radius 3 is 2.33 bits per heavy atom. The third-order valence-electron chi connectivity index (χ3n) is 5.90. The molecule has 0 aromatic carbocycles. The van der Waals surface area contributed by atoms with Crippen molar-refractivity contribution in [1.29, 1.82) is 0 Å². The van der Waals surface area contributed by atoms with Crippen LogP contribution in [0, 0.1) is 30.6 Å². The van der Waals surface area contributed by atoms with Crippen molar-refractivity contribution in [2.45, 2.75) is 86.3 Å². The predicted octanol–water partition coefficient (Wildman–Crippen LogP) is 3.28. The van der Waals surface area contributed by atoms with Gasteiger partial charge in [0.15, 0.2) is 5.82 Å². The molecule has 4 atom stereocenters. The lowest BCUT2D eigenvalue weighted by Crippen LogP contribution is -2.50. The second-order valence-electron chi connectivity index (χ2n) is 9.51. The highest BCUT2D eigenvalue weighted by atomic mass is 16.3. The fourth-order valence-corrected chi connectivity index (χ4v) is 3.51. The maximum Gasteiger partial charge on any atom is 0.248 e. The summed E-state index contributed by atoms with van der Waals surface area (Å²) in [6.45, 7) is 13.6. The fraction of sp³-hybridized carbons (Fsp3) is 0.708. The van der Waals surface area contributed by atoms with Gasteiger partial charge < -0.3 is 21.1 Å². The monoisotopic (exact) mass is 463 g/mol. The molecular weight excluding hydrogens is 422 g/mol. The number of aliphatic hydroxyl groups is 1. The van der Waals surface area contributed by atoms with Crippen molar-refractivity contribution in [2.75, 3.05) is 10.6 Å². The van der Waals surface area contributed by atoms with Crippen molar-refractivity contribution >= 4 is 29.7 Å². The molecule has 2 unspecified atom stereocenters. The fourth-order valence-electron chi connectivity index (χ4n) is 3.51. The van der Waals surface area contributed by atoms with Crippen LogP contribution in [0.15, 0.2) is 6.20 Å². The molecule has 0 aliphatic carbocycles. The first-order chi connectivity index (χ1) is 15.5. The molecule has 0 aliphatic heterocycles. The van der Waals surface area contributed by atoms with Gasteiger partial charge in [-0.1, -0.05) is 48.0 Å². The summed E-state index contributed by atoms with van der Waals surface area (Å²) in [4.78, 5) is 45.5. The van der Waals surface area contributed by atoms with Crippen LogP contribution in [-0.4, -0.2) is 45.4 Å². The van der Waals surface area contributed by atoms with Crippen LogP contribution in [0.25, 0.3) is 0 Å². The maximum absolute atomic E-state index is 13.2. The van der Waals surface area contributed by atoms with Crippen LogP contribution in [0.3, 0.4) is 0 Å². The van der Waals surface area contributed by atoms with E-state index < -0.39 is 24.0 Å². The number of nitrogens with one attached hydrogen (secondary N) is 3. The second kappa shape index (κ2) is 13.9. The average Bonchev–Trinajstić information content (AvgIpc) is 2.75. The molecule has 33 heavy (non-hydrogen) atoms. The molecule has 0 bridgehead atoms. The van der Waals surface area contributed by atoms with Crippen molar-refractivity contribution in [2.24, 2.45) is 23.7 Å². The Morgan fingerprint density at radius 2 is 1.79 bits per heavy atom. The zero-order chi connectivity index (χ0) is 25.1. The van der Waals surface area contributed by atoms with Crippen LogP contribution in [-0.2, 0) is 14.4 Å². The number of carbonyl (C=O) groups is 3. The third-order valence-corrected chi connectivity index (χ3v) is 5.90. The molecule has 0 saturated carbocycles. The molecule has 0 aliphatic rings. The van der Waals surface area contributed by atoms with Gasteiger partial charge in [-0.2, -0.15) is 0 Å². The quantitative estimate of drug-likeness (QED) is 0.313. The largest absolute Gasteiger partial charge is 0.393 e. The third kappa shape index (κ3) is 9.45. The van der Waals surface area contributed by atoms with Crippen LogP contribution >= 0.6 is 0 Å². The summed E-state index contributed by atoms with van der Waals surface area (Å²) in [7, 11) is 0. The van der Waals surface area contributed by atoms with Gasteiger partial charge >= 0.3 is 0 Å². The molecule has 9 nitrogen and oxygen atoms in total. The Balaban J connectivity index is 3.01. The SMILES string of the molecule is CC[C@H](C)[C@H](NC(=O)C(CC(O)CCC(C)C)C(C)C)C(=O)Nc1nc(C)ncc1NC=O. The molecule has 0 spiro atoms. The highest BCUT2D eigenvalue weighted by molar-refractivity contribution is 5.99. The Morgan fingerprint density at radius 1 is 1.12 bits per heavy atom. The lowest BCUT2D eigenvalue weighted by Gasteiger charge is -2.28. The van der Waals surface area contributed by atoms with Gasteiger partial charge in [-0.05, 0) is 43.9 Å². The van der Waals surface area contributed by atoms with E-state index in [9.17, 15) is 19.5 Å². The van der Waals surface area contributed by atoms with Gasteiger partial charge in [-0.25, -0.2) is 9.97 Å². The topological polar surface area (TPSA) is 133 Å². The minimum absolute atomic E-state index is 0.00671. The lowest BCUT2D eigenvalue weighted by atomic mass is 9.86. The molecule has 1 heterocycles. The van der Waals surface area contributed by atoms with E-state index in [-0.39, 0.29) is 29.2 Å².